The van der Waals surface area contributed by atoms with Gasteiger partial charge in [-0.2, -0.15) is 8.42 Å². The summed E-state index contributed by atoms with van der Waals surface area (Å²) in [6.45, 7) is 3.61. The molecule has 0 heterocycles. The van der Waals surface area contributed by atoms with Gasteiger partial charge in [-0.05, 0) is 31.0 Å². The molecule has 1 unspecified atom stereocenters. The monoisotopic (exact) mass is 229 g/mol. The summed E-state index contributed by atoms with van der Waals surface area (Å²) in [7, 11) is -4.04. The Bertz CT molecular complexity index is 428. The molecular formula is C10H15NO3S. The summed E-state index contributed by atoms with van der Waals surface area (Å²) in [5.74, 6) is 0. The molecule has 4 nitrogen and oxygen atoms in total. The van der Waals surface area contributed by atoms with Crippen LogP contribution in [0.3, 0.4) is 0 Å². The van der Waals surface area contributed by atoms with Gasteiger partial charge in [-0.1, -0.05) is 19.1 Å². The van der Waals surface area contributed by atoms with Crippen molar-refractivity contribution >= 4 is 15.8 Å². The molecule has 1 rings (SSSR count). The van der Waals surface area contributed by atoms with E-state index in [0.717, 1.165) is 5.56 Å². The molecule has 0 amide bonds. The van der Waals surface area contributed by atoms with Crippen LogP contribution in [0.4, 0.5) is 5.69 Å². The largest absolute Gasteiger partial charge is 0.367 e. The van der Waals surface area contributed by atoms with Gasteiger partial charge in [0.25, 0.3) is 10.1 Å². The van der Waals surface area contributed by atoms with E-state index in [0.29, 0.717) is 12.1 Å². The first kappa shape index (κ1) is 12.0. The topological polar surface area (TPSA) is 66.4 Å². The molecule has 0 aliphatic heterocycles. The molecular weight excluding hydrogens is 214 g/mol. The van der Waals surface area contributed by atoms with Crippen molar-refractivity contribution in [1.29, 1.82) is 0 Å². The Morgan fingerprint density at radius 2 is 2.13 bits per heavy atom. The van der Waals surface area contributed by atoms with Crippen molar-refractivity contribution < 1.29 is 13.0 Å². The maximum Gasteiger partial charge on any atom is 0.286 e. The van der Waals surface area contributed by atoms with E-state index < -0.39 is 15.5 Å². The van der Waals surface area contributed by atoms with Crippen molar-refractivity contribution in [2.24, 2.45) is 0 Å². The van der Waals surface area contributed by atoms with Gasteiger partial charge in [0, 0.05) is 5.69 Å². The number of rotatable bonds is 4. The average Bonchev–Trinajstić information content (AvgIpc) is 2.12. The van der Waals surface area contributed by atoms with Gasteiger partial charge in [0.2, 0.25) is 0 Å². The van der Waals surface area contributed by atoms with Crippen LogP contribution in [0.15, 0.2) is 24.3 Å². The summed E-state index contributed by atoms with van der Waals surface area (Å²) in [4.78, 5) is 0. The van der Waals surface area contributed by atoms with E-state index in [-0.39, 0.29) is 0 Å². The zero-order chi connectivity index (χ0) is 11.5. The van der Waals surface area contributed by atoms with Crippen LogP contribution in [0.25, 0.3) is 0 Å². The number of aryl methyl sites for hydroxylation is 1. The lowest BCUT2D eigenvalue weighted by Crippen LogP contribution is -2.28. The highest BCUT2D eigenvalue weighted by molar-refractivity contribution is 7.86. The molecule has 15 heavy (non-hydrogen) atoms. The van der Waals surface area contributed by atoms with E-state index in [1.165, 1.54) is 0 Å². The molecule has 0 saturated carbocycles. The Hall–Kier alpha value is -1.07. The Balaban J connectivity index is 2.85. The molecule has 84 valence electrons. The summed E-state index contributed by atoms with van der Waals surface area (Å²) in [6, 6.07) is 7.34. The van der Waals surface area contributed by atoms with Crippen LogP contribution < -0.4 is 5.32 Å². The molecule has 5 heteroatoms. The first-order valence-corrected chi connectivity index (χ1v) is 6.23. The highest BCUT2D eigenvalue weighted by atomic mass is 32.2. The summed E-state index contributed by atoms with van der Waals surface area (Å²) >= 11 is 0. The van der Waals surface area contributed by atoms with Crippen molar-refractivity contribution in [2.75, 3.05) is 5.32 Å². The van der Waals surface area contributed by atoms with Crippen molar-refractivity contribution in [3.63, 3.8) is 0 Å². The predicted octanol–water partition coefficient (Wildman–Crippen LogP) is 2.03. The number of benzene rings is 1. The molecule has 0 aliphatic carbocycles. The fraction of sp³-hybridized carbons (Fsp3) is 0.400. The van der Waals surface area contributed by atoms with E-state index in [4.69, 9.17) is 4.55 Å². The maximum absolute atomic E-state index is 10.9. The van der Waals surface area contributed by atoms with E-state index in [9.17, 15) is 8.42 Å². The maximum atomic E-state index is 10.9. The highest BCUT2D eigenvalue weighted by Gasteiger charge is 2.20. The zero-order valence-electron chi connectivity index (χ0n) is 8.77. The molecule has 1 atom stereocenters. The lowest BCUT2D eigenvalue weighted by atomic mass is 10.2. The smallest absolute Gasteiger partial charge is 0.286 e. The van der Waals surface area contributed by atoms with Crippen molar-refractivity contribution in [2.45, 2.75) is 25.6 Å². The zero-order valence-corrected chi connectivity index (χ0v) is 9.58. The molecule has 0 aliphatic rings. The Morgan fingerprint density at radius 1 is 1.47 bits per heavy atom. The summed E-state index contributed by atoms with van der Waals surface area (Å²) in [5.41, 5.74) is 1.73. The Kier molecular flexibility index (Phi) is 3.71. The number of anilines is 1. The lowest BCUT2D eigenvalue weighted by Gasteiger charge is -2.15. The van der Waals surface area contributed by atoms with Gasteiger partial charge in [-0.3, -0.25) is 4.55 Å². The van der Waals surface area contributed by atoms with Crippen LogP contribution in [0.2, 0.25) is 0 Å². The minimum absolute atomic E-state index is 0.312. The average molecular weight is 229 g/mol. The summed E-state index contributed by atoms with van der Waals surface area (Å²) < 4.78 is 30.8. The third-order valence-electron chi connectivity index (χ3n) is 2.08. The number of hydrogen-bond acceptors (Lipinski definition) is 3. The third-order valence-corrected chi connectivity index (χ3v) is 3.25. The van der Waals surface area contributed by atoms with Crippen LogP contribution in [-0.2, 0) is 10.1 Å². The number of nitrogens with one attached hydrogen (secondary N) is 1. The Morgan fingerprint density at radius 3 is 2.60 bits per heavy atom. The summed E-state index contributed by atoms with van der Waals surface area (Å²) in [6.07, 6.45) is 0.312. The van der Waals surface area contributed by atoms with Crippen molar-refractivity contribution in [3.05, 3.63) is 29.8 Å². The van der Waals surface area contributed by atoms with Crippen LogP contribution in [0.5, 0.6) is 0 Å². The van der Waals surface area contributed by atoms with E-state index in [2.05, 4.69) is 5.32 Å². The molecule has 0 aromatic heterocycles. The summed E-state index contributed by atoms with van der Waals surface area (Å²) in [5, 5.41) is 1.83. The van der Waals surface area contributed by atoms with Crippen LogP contribution in [0, 0.1) is 6.92 Å². The molecule has 0 bridgehead atoms. The molecule has 2 N–H and O–H groups in total. The second kappa shape index (κ2) is 4.63. The lowest BCUT2D eigenvalue weighted by molar-refractivity contribution is 0.470. The molecule has 0 spiro atoms. The van der Waals surface area contributed by atoms with Crippen LogP contribution in [-0.4, -0.2) is 18.3 Å². The normalized spacial score (nSPS) is 13.5. The molecule has 1 aromatic rings. The molecule has 0 radical (unpaired) electrons. The van der Waals surface area contributed by atoms with Crippen LogP contribution in [0.1, 0.15) is 18.9 Å². The van der Waals surface area contributed by atoms with Crippen LogP contribution >= 0.6 is 0 Å². The van der Waals surface area contributed by atoms with E-state index >= 15 is 0 Å². The van der Waals surface area contributed by atoms with Gasteiger partial charge >= 0.3 is 0 Å². The van der Waals surface area contributed by atoms with Crippen molar-refractivity contribution in [1.82, 2.24) is 0 Å². The fourth-order valence-electron chi connectivity index (χ4n) is 1.31. The second-order valence-electron chi connectivity index (χ2n) is 3.43. The molecule has 1 aromatic carbocycles. The van der Waals surface area contributed by atoms with Gasteiger partial charge in [-0.15, -0.1) is 0 Å². The molecule has 0 fully saturated rings. The van der Waals surface area contributed by atoms with Gasteiger partial charge < -0.3 is 5.32 Å². The minimum atomic E-state index is -4.04. The van der Waals surface area contributed by atoms with Crippen molar-refractivity contribution in [3.8, 4) is 0 Å². The molecule has 0 saturated heterocycles. The van der Waals surface area contributed by atoms with Gasteiger partial charge in [0.05, 0.1) is 0 Å². The number of hydrogen-bond donors (Lipinski definition) is 2. The van der Waals surface area contributed by atoms with Gasteiger partial charge in [0.15, 0.2) is 5.37 Å². The quantitative estimate of drug-likeness (QED) is 0.775. The van der Waals surface area contributed by atoms with E-state index in [1.54, 1.807) is 13.0 Å². The fourth-order valence-corrected chi connectivity index (χ4v) is 2.01. The first-order chi connectivity index (χ1) is 6.93. The SMILES string of the molecule is CCC(Nc1cccc(C)c1)S(=O)(=O)O. The van der Waals surface area contributed by atoms with Gasteiger partial charge in [0.1, 0.15) is 0 Å². The van der Waals surface area contributed by atoms with Gasteiger partial charge in [-0.25, -0.2) is 0 Å². The van der Waals surface area contributed by atoms with E-state index in [1.807, 2.05) is 25.1 Å². The third kappa shape index (κ3) is 3.53. The standard InChI is InChI=1S/C10H15NO3S/c1-3-10(15(12,13)14)11-9-6-4-5-8(2)7-9/h4-7,10-11H,3H2,1-2H3,(H,12,13,14). The first-order valence-electron chi connectivity index (χ1n) is 4.73. The highest BCUT2D eigenvalue weighted by Crippen LogP contribution is 2.14. The predicted molar refractivity (Wildman–Crippen MR) is 60.4 cm³/mol. The second-order valence-corrected chi connectivity index (χ2v) is 5.02. The minimum Gasteiger partial charge on any atom is -0.367 e. The Labute approximate surface area is 90.1 Å².